The Hall–Kier alpha value is -2.20. The standard InChI is InChI=1S/C16H17ClN2O2/c1-11-7-8-12(17)9-14(11)19-16(20)10-18-13-5-3-4-6-15(13)21-2/h3-9,18H,10H2,1-2H3,(H,19,20). The first kappa shape index (κ1) is 15.2. The van der Waals surface area contributed by atoms with Gasteiger partial charge in [0.05, 0.1) is 19.3 Å². The first-order valence-electron chi connectivity index (χ1n) is 6.53. The van der Waals surface area contributed by atoms with Crippen LogP contribution in [0.3, 0.4) is 0 Å². The molecule has 0 bridgehead atoms. The van der Waals surface area contributed by atoms with E-state index in [2.05, 4.69) is 10.6 Å². The average Bonchev–Trinajstić information content (AvgIpc) is 2.49. The summed E-state index contributed by atoms with van der Waals surface area (Å²) in [5.41, 5.74) is 2.46. The summed E-state index contributed by atoms with van der Waals surface area (Å²) in [5.74, 6) is 0.551. The van der Waals surface area contributed by atoms with Crippen molar-refractivity contribution < 1.29 is 9.53 Å². The molecule has 0 aromatic heterocycles. The number of hydrogen-bond acceptors (Lipinski definition) is 3. The zero-order valence-corrected chi connectivity index (χ0v) is 12.7. The molecule has 0 saturated heterocycles. The van der Waals surface area contributed by atoms with Gasteiger partial charge < -0.3 is 15.4 Å². The quantitative estimate of drug-likeness (QED) is 0.885. The normalized spacial score (nSPS) is 10.0. The van der Waals surface area contributed by atoms with E-state index >= 15 is 0 Å². The fourth-order valence-electron chi connectivity index (χ4n) is 1.89. The van der Waals surface area contributed by atoms with E-state index in [9.17, 15) is 4.79 Å². The number of ether oxygens (including phenoxy) is 1. The van der Waals surface area contributed by atoms with Crippen molar-refractivity contribution in [1.82, 2.24) is 0 Å². The summed E-state index contributed by atoms with van der Waals surface area (Å²) in [5, 5.41) is 6.47. The molecule has 2 aromatic carbocycles. The van der Waals surface area contributed by atoms with Gasteiger partial charge in [-0.3, -0.25) is 4.79 Å². The Bertz CT molecular complexity index is 644. The second-order valence-electron chi connectivity index (χ2n) is 4.56. The molecule has 2 rings (SSSR count). The summed E-state index contributed by atoms with van der Waals surface area (Å²) < 4.78 is 5.22. The van der Waals surface area contributed by atoms with Crippen molar-refractivity contribution >= 4 is 28.9 Å². The van der Waals surface area contributed by atoms with Crippen LogP contribution in [0.4, 0.5) is 11.4 Å². The minimum absolute atomic E-state index is 0.145. The van der Waals surface area contributed by atoms with E-state index < -0.39 is 0 Å². The molecule has 2 N–H and O–H groups in total. The summed E-state index contributed by atoms with van der Waals surface area (Å²) in [7, 11) is 1.59. The predicted octanol–water partition coefficient (Wildman–Crippen LogP) is 3.71. The van der Waals surface area contributed by atoms with Gasteiger partial charge in [0.1, 0.15) is 5.75 Å². The molecule has 1 amide bonds. The maximum Gasteiger partial charge on any atom is 0.243 e. The van der Waals surface area contributed by atoms with Gasteiger partial charge in [0.2, 0.25) is 5.91 Å². The highest BCUT2D eigenvalue weighted by molar-refractivity contribution is 6.31. The van der Waals surface area contributed by atoms with E-state index in [0.717, 1.165) is 11.3 Å². The number of aryl methyl sites for hydroxylation is 1. The molecule has 0 heterocycles. The fraction of sp³-hybridized carbons (Fsp3) is 0.188. The fourth-order valence-corrected chi connectivity index (χ4v) is 2.06. The van der Waals surface area contributed by atoms with Crippen LogP contribution < -0.4 is 15.4 Å². The topological polar surface area (TPSA) is 50.4 Å². The number of amides is 1. The third-order valence-corrected chi connectivity index (χ3v) is 3.26. The molecule has 2 aromatic rings. The van der Waals surface area contributed by atoms with E-state index in [1.165, 1.54) is 0 Å². The monoisotopic (exact) mass is 304 g/mol. The van der Waals surface area contributed by atoms with E-state index in [0.29, 0.717) is 16.5 Å². The molecule has 0 fully saturated rings. The molecule has 0 unspecified atom stereocenters. The van der Waals surface area contributed by atoms with Gasteiger partial charge in [0.25, 0.3) is 0 Å². The van der Waals surface area contributed by atoms with Gasteiger partial charge in [-0.25, -0.2) is 0 Å². The second-order valence-corrected chi connectivity index (χ2v) is 5.00. The van der Waals surface area contributed by atoms with E-state index in [1.54, 1.807) is 19.2 Å². The van der Waals surface area contributed by atoms with Gasteiger partial charge in [-0.1, -0.05) is 29.8 Å². The van der Waals surface area contributed by atoms with Gasteiger partial charge in [-0.15, -0.1) is 0 Å². The number of carbonyl (C=O) groups is 1. The minimum atomic E-state index is -0.147. The van der Waals surface area contributed by atoms with Crippen molar-refractivity contribution in [2.45, 2.75) is 6.92 Å². The molecule has 0 aliphatic heterocycles. The summed E-state index contributed by atoms with van der Waals surface area (Å²) in [4.78, 5) is 12.0. The Morgan fingerprint density at radius 2 is 1.95 bits per heavy atom. The van der Waals surface area contributed by atoms with Crippen LogP contribution >= 0.6 is 11.6 Å². The Morgan fingerprint density at radius 1 is 1.19 bits per heavy atom. The maximum atomic E-state index is 12.0. The number of nitrogens with one attached hydrogen (secondary N) is 2. The van der Waals surface area contributed by atoms with Crippen LogP contribution in [0, 0.1) is 6.92 Å². The first-order chi connectivity index (χ1) is 10.1. The lowest BCUT2D eigenvalue weighted by atomic mass is 10.2. The van der Waals surface area contributed by atoms with E-state index in [1.807, 2.05) is 37.3 Å². The Labute approximate surface area is 129 Å². The van der Waals surface area contributed by atoms with E-state index in [4.69, 9.17) is 16.3 Å². The minimum Gasteiger partial charge on any atom is -0.495 e. The Kier molecular flexibility index (Phi) is 5.06. The number of benzene rings is 2. The van der Waals surface area contributed by atoms with Gasteiger partial charge >= 0.3 is 0 Å². The zero-order valence-electron chi connectivity index (χ0n) is 11.9. The van der Waals surface area contributed by atoms with Crippen molar-refractivity contribution in [3.63, 3.8) is 0 Å². The molecule has 0 aliphatic rings. The number of methoxy groups -OCH3 is 1. The van der Waals surface area contributed by atoms with Crippen LogP contribution in [0.1, 0.15) is 5.56 Å². The lowest BCUT2D eigenvalue weighted by molar-refractivity contribution is -0.114. The highest BCUT2D eigenvalue weighted by atomic mass is 35.5. The largest absolute Gasteiger partial charge is 0.495 e. The van der Waals surface area contributed by atoms with Crippen molar-refractivity contribution in [1.29, 1.82) is 0 Å². The van der Waals surface area contributed by atoms with Crippen molar-refractivity contribution in [2.75, 3.05) is 24.3 Å². The van der Waals surface area contributed by atoms with Crippen LogP contribution in [-0.4, -0.2) is 19.6 Å². The van der Waals surface area contributed by atoms with Crippen molar-refractivity contribution in [3.05, 3.63) is 53.1 Å². The van der Waals surface area contributed by atoms with Crippen LogP contribution in [-0.2, 0) is 4.79 Å². The van der Waals surface area contributed by atoms with E-state index in [-0.39, 0.29) is 12.5 Å². The molecule has 5 heteroatoms. The Morgan fingerprint density at radius 3 is 2.71 bits per heavy atom. The molecule has 21 heavy (non-hydrogen) atoms. The summed E-state index contributed by atoms with van der Waals surface area (Å²) in [6, 6.07) is 12.8. The number of rotatable bonds is 5. The van der Waals surface area contributed by atoms with Gasteiger partial charge in [-0.2, -0.15) is 0 Å². The lowest BCUT2D eigenvalue weighted by Gasteiger charge is -2.12. The summed E-state index contributed by atoms with van der Waals surface area (Å²) in [6.07, 6.45) is 0. The number of para-hydroxylation sites is 2. The lowest BCUT2D eigenvalue weighted by Crippen LogP contribution is -2.22. The molecule has 0 spiro atoms. The smallest absolute Gasteiger partial charge is 0.243 e. The third-order valence-electron chi connectivity index (χ3n) is 3.02. The van der Waals surface area contributed by atoms with Crippen LogP contribution in [0.25, 0.3) is 0 Å². The molecule has 110 valence electrons. The number of carbonyl (C=O) groups excluding carboxylic acids is 1. The van der Waals surface area contributed by atoms with Crippen LogP contribution in [0.2, 0.25) is 5.02 Å². The molecule has 4 nitrogen and oxygen atoms in total. The summed E-state index contributed by atoms with van der Waals surface area (Å²) in [6.45, 7) is 2.06. The van der Waals surface area contributed by atoms with Crippen molar-refractivity contribution in [2.24, 2.45) is 0 Å². The molecular formula is C16H17ClN2O2. The molecule has 0 atom stereocenters. The predicted molar refractivity (Wildman–Crippen MR) is 86.3 cm³/mol. The molecule has 0 radical (unpaired) electrons. The van der Waals surface area contributed by atoms with Gasteiger partial charge in [0, 0.05) is 10.7 Å². The highest BCUT2D eigenvalue weighted by Crippen LogP contribution is 2.23. The number of hydrogen-bond donors (Lipinski definition) is 2. The van der Waals surface area contributed by atoms with Crippen LogP contribution in [0.5, 0.6) is 5.75 Å². The Balaban J connectivity index is 1.97. The number of halogens is 1. The van der Waals surface area contributed by atoms with Gasteiger partial charge in [0.15, 0.2) is 0 Å². The maximum absolute atomic E-state index is 12.0. The zero-order chi connectivity index (χ0) is 15.2. The molecule has 0 saturated carbocycles. The van der Waals surface area contributed by atoms with Crippen molar-refractivity contribution in [3.8, 4) is 5.75 Å². The first-order valence-corrected chi connectivity index (χ1v) is 6.91. The SMILES string of the molecule is COc1ccccc1NCC(=O)Nc1cc(Cl)ccc1C. The number of anilines is 2. The third kappa shape index (κ3) is 4.13. The molecular weight excluding hydrogens is 288 g/mol. The molecule has 0 aliphatic carbocycles. The average molecular weight is 305 g/mol. The second kappa shape index (κ2) is 6.99. The van der Waals surface area contributed by atoms with Crippen LogP contribution in [0.15, 0.2) is 42.5 Å². The summed E-state index contributed by atoms with van der Waals surface area (Å²) >= 11 is 5.93. The highest BCUT2D eigenvalue weighted by Gasteiger charge is 2.07. The van der Waals surface area contributed by atoms with Gasteiger partial charge in [-0.05, 0) is 36.8 Å².